The molecule has 2 N–H and O–H groups in total. The van der Waals surface area contributed by atoms with E-state index in [1.54, 1.807) is 44.4 Å². The van der Waals surface area contributed by atoms with Gasteiger partial charge in [0.2, 0.25) is 5.91 Å². The summed E-state index contributed by atoms with van der Waals surface area (Å²) in [7, 11) is 1.62. The third-order valence-electron chi connectivity index (χ3n) is 5.19. The van der Waals surface area contributed by atoms with Gasteiger partial charge in [-0.1, -0.05) is 13.0 Å². The molecule has 2 aromatic carbocycles. The normalized spacial score (nSPS) is 10.9. The van der Waals surface area contributed by atoms with Crippen molar-refractivity contribution in [3.8, 4) is 17.5 Å². The molecule has 0 fully saturated rings. The number of nitrogens with zero attached hydrogens (tertiary/aromatic N) is 2. The van der Waals surface area contributed by atoms with E-state index in [9.17, 15) is 14.9 Å². The van der Waals surface area contributed by atoms with Crippen molar-refractivity contribution in [2.75, 3.05) is 17.7 Å². The van der Waals surface area contributed by atoms with Crippen LogP contribution in [0.25, 0.3) is 11.8 Å². The zero-order valence-electron chi connectivity index (χ0n) is 19.1. The van der Waals surface area contributed by atoms with Gasteiger partial charge in [-0.05, 0) is 74.0 Å². The molecule has 7 nitrogen and oxygen atoms in total. The molecule has 3 rings (SSSR count). The number of ether oxygens (including phenoxy) is 1. The first kappa shape index (κ1) is 23.4. The molecule has 0 unspecified atom stereocenters. The van der Waals surface area contributed by atoms with Crippen LogP contribution >= 0.6 is 0 Å². The highest BCUT2D eigenvalue weighted by molar-refractivity contribution is 6.10. The maximum absolute atomic E-state index is 12.8. The van der Waals surface area contributed by atoms with E-state index < -0.39 is 5.91 Å². The summed E-state index contributed by atoms with van der Waals surface area (Å²) < 4.78 is 7.28. The summed E-state index contributed by atoms with van der Waals surface area (Å²) in [6.07, 6.45) is 1.94. The average Bonchev–Trinajstić information content (AvgIpc) is 3.10. The van der Waals surface area contributed by atoms with E-state index in [0.29, 0.717) is 17.8 Å². The van der Waals surface area contributed by atoms with E-state index in [1.165, 1.54) is 0 Å². The fourth-order valence-electron chi connectivity index (χ4n) is 3.49. The standard InChI is InChI=1S/C26H26N4O3/c1-5-25(31)28-21-7-6-8-22(15-21)29-26(32)20(16-27)14-19-13-17(2)30(18(19)3)23-9-11-24(33-4)12-10-23/h6-15H,5H2,1-4H3,(H,28,31)(H,29,32)/b20-14+. The van der Waals surface area contributed by atoms with Crippen LogP contribution in [0.15, 0.2) is 60.2 Å². The summed E-state index contributed by atoms with van der Waals surface area (Å²) in [4.78, 5) is 24.4. The van der Waals surface area contributed by atoms with Crippen molar-refractivity contribution in [1.82, 2.24) is 4.57 Å². The number of carbonyl (C=O) groups is 2. The van der Waals surface area contributed by atoms with Gasteiger partial charge in [0.25, 0.3) is 5.91 Å². The molecule has 7 heteroatoms. The maximum Gasteiger partial charge on any atom is 0.266 e. The number of nitriles is 1. The fraction of sp³-hybridized carbons (Fsp3) is 0.192. The van der Waals surface area contributed by atoms with Crippen LogP contribution < -0.4 is 15.4 Å². The number of rotatable bonds is 7. The minimum absolute atomic E-state index is 0.0204. The SMILES string of the molecule is CCC(=O)Nc1cccc(NC(=O)/C(C#N)=C/c2cc(C)n(-c3ccc(OC)cc3)c2C)c1. The van der Waals surface area contributed by atoms with Crippen LogP contribution in [-0.4, -0.2) is 23.5 Å². The van der Waals surface area contributed by atoms with Crippen molar-refractivity contribution < 1.29 is 14.3 Å². The van der Waals surface area contributed by atoms with Gasteiger partial charge < -0.3 is 19.9 Å². The number of aryl methyl sites for hydroxylation is 1. The van der Waals surface area contributed by atoms with Crippen LogP contribution in [0.4, 0.5) is 11.4 Å². The van der Waals surface area contributed by atoms with Gasteiger partial charge in [-0.25, -0.2) is 0 Å². The number of benzene rings is 2. The molecular formula is C26H26N4O3. The number of methoxy groups -OCH3 is 1. The second kappa shape index (κ2) is 10.3. The maximum atomic E-state index is 12.8. The molecular weight excluding hydrogens is 416 g/mol. The van der Waals surface area contributed by atoms with E-state index in [2.05, 4.69) is 15.2 Å². The molecule has 0 aliphatic heterocycles. The highest BCUT2D eigenvalue weighted by Gasteiger charge is 2.14. The van der Waals surface area contributed by atoms with Crippen molar-refractivity contribution >= 4 is 29.3 Å². The summed E-state index contributed by atoms with van der Waals surface area (Å²) in [5, 5.41) is 15.1. The number of carbonyl (C=O) groups excluding carboxylic acids is 2. The Morgan fingerprint density at radius 2 is 1.73 bits per heavy atom. The zero-order valence-corrected chi connectivity index (χ0v) is 19.1. The molecule has 33 heavy (non-hydrogen) atoms. The van der Waals surface area contributed by atoms with E-state index in [0.717, 1.165) is 28.4 Å². The van der Waals surface area contributed by atoms with E-state index in [1.807, 2.05) is 50.2 Å². The molecule has 0 saturated carbocycles. The Balaban J connectivity index is 1.85. The first-order chi connectivity index (χ1) is 15.9. The van der Waals surface area contributed by atoms with Crippen LogP contribution in [0.1, 0.15) is 30.3 Å². The van der Waals surface area contributed by atoms with Gasteiger partial charge in [0, 0.05) is 34.9 Å². The van der Waals surface area contributed by atoms with Gasteiger partial charge in [-0.3, -0.25) is 9.59 Å². The highest BCUT2D eigenvalue weighted by Crippen LogP contribution is 2.25. The summed E-state index contributed by atoms with van der Waals surface area (Å²) >= 11 is 0. The first-order valence-electron chi connectivity index (χ1n) is 10.5. The van der Waals surface area contributed by atoms with Crippen molar-refractivity contribution in [2.24, 2.45) is 0 Å². The van der Waals surface area contributed by atoms with Crippen molar-refractivity contribution in [3.63, 3.8) is 0 Å². The van der Waals surface area contributed by atoms with Crippen LogP contribution in [-0.2, 0) is 9.59 Å². The number of hydrogen-bond donors (Lipinski definition) is 2. The van der Waals surface area contributed by atoms with Gasteiger partial charge in [-0.15, -0.1) is 0 Å². The lowest BCUT2D eigenvalue weighted by molar-refractivity contribution is -0.116. The number of nitrogens with one attached hydrogen (secondary N) is 2. The van der Waals surface area contributed by atoms with Gasteiger partial charge in [0.05, 0.1) is 7.11 Å². The Morgan fingerprint density at radius 3 is 2.33 bits per heavy atom. The zero-order chi connectivity index (χ0) is 24.0. The minimum Gasteiger partial charge on any atom is -0.497 e. The molecule has 168 valence electrons. The van der Waals surface area contributed by atoms with Crippen LogP contribution in [0, 0.1) is 25.2 Å². The molecule has 0 atom stereocenters. The molecule has 0 aliphatic carbocycles. The number of hydrogen-bond acceptors (Lipinski definition) is 4. The topological polar surface area (TPSA) is 96.2 Å². The van der Waals surface area contributed by atoms with Crippen molar-refractivity contribution in [2.45, 2.75) is 27.2 Å². The fourth-order valence-corrected chi connectivity index (χ4v) is 3.49. The molecule has 0 radical (unpaired) electrons. The first-order valence-corrected chi connectivity index (χ1v) is 10.5. The van der Waals surface area contributed by atoms with Gasteiger partial charge >= 0.3 is 0 Å². The van der Waals surface area contributed by atoms with Gasteiger partial charge in [-0.2, -0.15) is 5.26 Å². The van der Waals surface area contributed by atoms with E-state index in [-0.39, 0.29) is 11.5 Å². The number of anilines is 2. The molecule has 2 amide bonds. The van der Waals surface area contributed by atoms with E-state index in [4.69, 9.17) is 4.74 Å². The molecule has 3 aromatic rings. The van der Waals surface area contributed by atoms with Crippen LogP contribution in [0.5, 0.6) is 5.75 Å². The monoisotopic (exact) mass is 442 g/mol. The summed E-state index contributed by atoms with van der Waals surface area (Å²) in [5.74, 6) is 0.122. The second-order valence-electron chi connectivity index (χ2n) is 7.47. The Morgan fingerprint density at radius 1 is 1.06 bits per heavy atom. The van der Waals surface area contributed by atoms with Crippen LogP contribution in [0.2, 0.25) is 0 Å². The van der Waals surface area contributed by atoms with Gasteiger partial charge in [0.15, 0.2) is 0 Å². The third kappa shape index (κ3) is 5.49. The molecule has 1 heterocycles. The Hall–Kier alpha value is -4.31. The Bertz CT molecular complexity index is 1250. The number of amides is 2. The summed E-state index contributed by atoms with van der Waals surface area (Å²) in [5.41, 5.74) is 4.65. The Kier molecular flexibility index (Phi) is 7.31. The minimum atomic E-state index is -0.522. The lowest BCUT2D eigenvalue weighted by atomic mass is 10.1. The molecule has 0 bridgehead atoms. The Labute approximate surface area is 193 Å². The lowest BCUT2D eigenvalue weighted by Gasteiger charge is -2.10. The number of aromatic nitrogens is 1. The third-order valence-corrected chi connectivity index (χ3v) is 5.19. The summed E-state index contributed by atoms with van der Waals surface area (Å²) in [6, 6.07) is 18.4. The molecule has 0 spiro atoms. The van der Waals surface area contributed by atoms with Crippen molar-refractivity contribution in [1.29, 1.82) is 5.26 Å². The van der Waals surface area contributed by atoms with Gasteiger partial charge in [0.1, 0.15) is 17.4 Å². The lowest BCUT2D eigenvalue weighted by Crippen LogP contribution is -2.14. The average molecular weight is 443 g/mol. The van der Waals surface area contributed by atoms with Crippen molar-refractivity contribution in [3.05, 3.63) is 77.1 Å². The molecule has 0 saturated heterocycles. The quantitative estimate of drug-likeness (QED) is 0.398. The molecule has 0 aliphatic rings. The largest absolute Gasteiger partial charge is 0.497 e. The summed E-state index contributed by atoms with van der Waals surface area (Å²) in [6.45, 7) is 5.67. The smallest absolute Gasteiger partial charge is 0.266 e. The van der Waals surface area contributed by atoms with Crippen LogP contribution in [0.3, 0.4) is 0 Å². The highest BCUT2D eigenvalue weighted by atomic mass is 16.5. The molecule has 1 aromatic heterocycles. The van der Waals surface area contributed by atoms with E-state index >= 15 is 0 Å². The predicted molar refractivity (Wildman–Crippen MR) is 129 cm³/mol. The second-order valence-corrected chi connectivity index (χ2v) is 7.47. The predicted octanol–water partition coefficient (Wildman–Crippen LogP) is 5.00.